The molecule has 1 amide bonds. The fourth-order valence-corrected chi connectivity index (χ4v) is 3.59. The fraction of sp³-hybridized carbons (Fsp3) is 0.269. The summed E-state index contributed by atoms with van der Waals surface area (Å²) < 4.78 is 28.4. The quantitative estimate of drug-likeness (QED) is 0.508. The number of nitrogens with one attached hydrogen (secondary N) is 1. The summed E-state index contributed by atoms with van der Waals surface area (Å²) >= 11 is 0. The van der Waals surface area contributed by atoms with Crippen molar-refractivity contribution in [3.8, 4) is 11.3 Å². The van der Waals surface area contributed by atoms with Gasteiger partial charge in [0.1, 0.15) is 23.5 Å². The standard InChI is InChI=1S/C26H26F2N2O3/c1-16-7-5-6-8-18(16)22-23(30-24(32)25(2,3)4)20(11-13-29-22)26(33,12-14-31)19-10-9-17(27)15-21(19)28/h5-11,13-15,33H,12H2,1-4H3,(H,30,32). The lowest BCUT2D eigenvalue weighted by Crippen LogP contribution is -2.33. The van der Waals surface area contributed by atoms with Gasteiger partial charge in [-0.3, -0.25) is 9.78 Å². The van der Waals surface area contributed by atoms with Gasteiger partial charge in [-0.05, 0) is 30.7 Å². The Hall–Kier alpha value is -3.45. The molecule has 0 saturated carbocycles. The second-order valence-corrected chi connectivity index (χ2v) is 8.96. The van der Waals surface area contributed by atoms with Crippen molar-refractivity contribution in [2.75, 3.05) is 5.32 Å². The third-order valence-electron chi connectivity index (χ3n) is 5.47. The molecule has 2 aromatic carbocycles. The van der Waals surface area contributed by atoms with Crippen molar-refractivity contribution >= 4 is 17.9 Å². The topological polar surface area (TPSA) is 79.3 Å². The lowest BCUT2D eigenvalue weighted by molar-refractivity contribution is -0.123. The molecule has 1 aromatic heterocycles. The summed E-state index contributed by atoms with van der Waals surface area (Å²) in [5.41, 5.74) is -1.12. The smallest absolute Gasteiger partial charge is 0.229 e. The van der Waals surface area contributed by atoms with E-state index in [4.69, 9.17) is 0 Å². The van der Waals surface area contributed by atoms with E-state index in [-0.39, 0.29) is 22.7 Å². The Morgan fingerprint density at radius 2 is 1.79 bits per heavy atom. The van der Waals surface area contributed by atoms with Crippen molar-refractivity contribution in [3.05, 3.63) is 83.1 Å². The maximum atomic E-state index is 14.8. The first-order chi connectivity index (χ1) is 15.5. The molecule has 0 aliphatic rings. The number of halogens is 2. The predicted molar refractivity (Wildman–Crippen MR) is 123 cm³/mol. The van der Waals surface area contributed by atoms with E-state index in [9.17, 15) is 23.5 Å². The van der Waals surface area contributed by atoms with Gasteiger partial charge in [0.15, 0.2) is 0 Å². The Kier molecular flexibility index (Phi) is 6.74. The first kappa shape index (κ1) is 24.2. The van der Waals surface area contributed by atoms with Crippen LogP contribution in [0.15, 0.2) is 54.7 Å². The van der Waals surface area contributed by atoms with Gasteiger partial charge in [0.05, 0.1) is 11.4 Å². The van der Waals surface area contributed by atoms with Gasteiger partial charge in [-0.2, -0.15) is 0 Å². The van der Waals surface area contributed by atoms with Gasteiger partial charge >= 0.3 is 0 Å². The molecule has 33 heavy (non-hydrogen) atoms. The number of carbonyl (C=O) groups is 2. The maximum absolute atomic E-state index is 14.8. The van der Waals surface area contributed by atoms with Crippen LogP contribution in [0.1, 0.15) is 43.9 Å². The normalized spacial score (nSPS) is 13.3. The Labute approximate surface area is 191 Å². The molecule has 0 aliphatic heterocycles. The SMILES string of the molecule is Cc1ccccc1-c1nccc(C(O)(CC=O)c2ccc(F)cc2F)c1NC(=O)C(C)(C)C. The average Bonchev–Trinajstić information content (AvgIpc) is 2.73. The largest absolute Gasteiger partial charge is 0.380 e. The minimum absolute atomic E-state index is 0.0750. The highest BCUT2D eigenvalue weighted by molar-refractivity contribution is 5.99. The summed E-state index contributed by atoms with van der Waals surface area (Å²) in [5, 5.41) is 14.5. The van der Waals surface area contributed by atoms with Crippen LogP contribution in [-0.4, -0.2) is 22.3 Å². The predicted octanol–water partition coefficient (Wildman–Crippen LogP) is 5.14. The number of hydrogen-bond donors (Lipinski definition) is 2. The van der Waals surface area contributed by atoms with Crippen molar-refractivity contribution in [2.24, 2.45) is 5.41 Å². The summed E-state index contributed by atoms with van der Waals surface area (Å²) in [6, 6.07) is 11.5. The number of aldehydes is 1. The summed E-state index contributed by atoms with van der Waals surface area (Å²) in [5.74, 6) is -2.19. The molecule has 3 aromatic rings. The number of nitrogens with zero attached hydrogens (tertiary/aromatic N) is 1. The van der Waals surface area contributed by atoms with Gasteiger partial charge in [0, 0.05) is 40.8 Å². The van der Waals surface area contributed by atoms with Gasteiger partial charge in [0.25, 0.3) is 0 Å². The maximum Gasteiger partial charge on any atom is 0.229 e. The molecule has 5 nitrogen and oxygen atoms in total. The minimum Gasteiger partial charge on any atom is -0.380 e. The van der Waals surface area contributed by atoms with Crippen molar-refractivity contribution in [1.82, 2.24) is 4.98 Å². The molecule has 0 saturated heterocycles. The lowest BCUT2D eigenvalue weighted by Gasteiger charge is -2.31. The number of aliphatic hydroxyl groups is 1. The molecule has 1 atom stereocenters. The Morgan fingerprint density at radius 1 is 1.09 bits per heavy atom. The number of carbonyl (C=O) groups excluding carboxylic acids is 2. The van der Waals surface area contributed by atoms with Crippen LogP contribution in [0.4, 0.5) is 14.5 Å². The number of aromatic nitrogens is 1. The molecule has 7 heteroatoms. The monoisotopic (exact) mass is 452 g/mol. The Morgan fingerprint density at radius 3 is 2.39 bits per heavy atom. The first-order valence-corrected chi connectivity index (χ1v) is 10.5. The average molecular weight is 453 g/mol. The number of anilines is 1. The highest BCUT2D eigenvalue weighted by Gasteiger charge is 2.38. The number of rotatable bonds is 6. The van der Waals surface area contributed by atoms with E-state index in [1.165, 1.54) is 12.3 Å². The molecule has 3 rings (SSSR count). The number of benzene rings is 2. The second-order valence-electron chi connectivity index (χ2n) is 8.96. The van der Waals surface area contributed by atoms with Crippen LogP contribution in [-0.2, 0) is 15.2 Å². The van der Waals surface area contributed by atoms with Crippen molar-refractivity contribution in [2.45, 2.75) is 39.7 Å². The highest BCUT2D eigenvalue weighted by atomic mass is 19.1. The molecular formula is C26H26F2N2O3. The summed E-state index contributed by atoms with van der Waals surface area (Å²) in [7, 11) is 0. The zero-order chi connectivity index (χ0) is 24.4. The molecule has 0 aliphatic carbocycles. The number of pyridine rings is 1. The Bertz CT molecular complexity index is 1200. The van der Waals surface area contributed by atoms with E-state index in [0.29, 0.717) is 23.6 Å². The number of aryl methyl sites for hydroxylation is 1. The molecule has 0 radical (unpaired) electrons. The summed E-state index contributed by atoms with van der Waals surface area (Å²) in [6.07, 6.45) is 1.35. The van der Waals surface area contributed by atoms with Crippen molar-refractivity contribution < 1.29 is 23.5 Å². The second kappa shape index (κ2) is 9.19. The van der Waals surface area contributed by atoms with E-state index in [1.807, 2.05) is 31.2 Å². The van der Waals surface area contributed by atoms with Crippen LogP contribution in [0.5, 0.6) is 0 Å². The molecule has 2 N–H and O–H groups in total. The summed E-state index contributed by atoms with van der Waals surface area (Å²) in [4.78, 5) is 29.0. The van der Waals surface area contributed by atoms with E-state index in [0.717, 1.165) is 17.7 Å². The van der Waals surface area contributed by atoms with Gasteiger partial charge < -0.3 is 15.2 Å². The van der Waals surface area contributed by atoms with Crippen molar-refractivity contribution in [3.63, 3.8) is 0 Å². The van der Waals surface area contributed by atoms with Gasteiger partial charge in [0.2, 0.25) is 5.91 Å². The van der Waals surface area contributed by atoms with Crippen LogP contribution >= 0.6 is 0 Å². The van der Waals surface area contributed by atoms with E-state index in [2.05, 4.69) is 10.3 Å². The third kappa shape index (κ3) is 4.83. The summed E-state index contributed by atoms with van der Waals surface area (Å²) in [6.45, 7) is 7.05. The lowest BCUT2D eigenvalue weighted by atomic mass is 9.81. The molecule has 1 unspecified atom stereocenters. The molecular weight excluding hydrogens is 426 g/mol. The Balaban J connectivity index is 2.35. The van der Waals surface area contributed by atoms with Crippen LogP contribution in [0.2, 0.25) is 0 Å². The highest BCUT2D eigenvalue weighted by Crippen LogP contribution is 2.42. The molecule has 172 valence electrons. The van der Waals surface area contributed by atoms with E-state index in [1.54, 1.807) is 20.8 Å². The van der Waals surface area contributed by atoms with Gasteiger partial charge in [-0.1, -0.05) is 45.0 Å². The van der Waals surface area contributed by atoms with Gasteiger partial charge in [-0.25, -0.2) is 8.78 Å². The number of hydrogen-bond acceptors (Lipinski definition) is 4. The number of amides is 1. The zero-order valence-corrected chi connectivity index (χ0v) is 18.9. The van der Waals surface area contributed by atoms with Gasteiger partial charge in [-0.15, -0.1) is 0 Å². The molecule has 1 heterocycles. The molecule has 0 fully saturated rings. The van der Waals surface area contributed by atoms with Crippen LogP contribution in [0.3, 0.4) is 0 Å². The van der Waals surface area contributed by atoms with E-state index >= 15 is 0 Å². The first-order valence-electron chi connectivity index (χ1n) is 10.5. The third-order valence-corrected chi connectivity index (χ3v) is 5.47. The fourth-order valence-electron chi connectivity index (χ4n) is 3.59. The zero-order valence-electron chi connectivity index (χ0n) is 18.9. The molecule has 0 bridgehead atoms. The minimum atomic E-state index is -2.18. The van der Waals surface area contributed by atoms with Crippen LogP contribution in [0.25, 0.3) is 11.3 Å². The van der Waals surface area contributed by atoms with Crippen LogP contribution < -0.4 is 5.32 Å². The molecule has 0 spiro atoms. The van der Waals surface area contributed by atoms with Crippen LogP contribution in [0, 0.1) is 24.0 Å². The van der Waals surface area contributed by atoms with E-state index < -0.39 is 29.1 Å². The van der Waals surface area contributed by atoms with Crippen molar-refractivity contribution in [1.29, 1.82) is 0 Å².